The molecule has 1 aromatic heterocycles. The van der Waals surface area contributed by atoms with E-state index < -0.39 is 0 Å². The van der Waals surface area contributed by atoms with Crippen LogP contribution >= 0.6 is 0 Å². The fourth-order valence-corrected chi connectivity index (χ4v) is 2.55. The summed E-state index contributed by atoms with van der Waals surface area (Å²) in [6, 6.07) is 9.09. The highest BCUT2D eigenvalue weighted by Gasteiger charge is 2.27. The lowest BCUT2D eigenvalue weighted by molar-refractivity contribution is -0.384. The maximum Gasteiger partial charge on any atom is 0.269 e. The van der Waals surface area contributed by atoms with E-state index in [9.17, 15) is 10.1 Å². The van der Waals surface area contributed by atoms with Crippen LogP contribution in [-0.4, -0.2) is 20.9 Å². The van der Waals surface area contributed by atoms with Crippen molar-refractivity contribution < 1.29 is 4.92 Å². The quantitative estimate of drug-likeness (QED) is 0.598. The molecule has 2 N–H and O–H groups in total. The van der Waals surface area contributed by atoms with Gasteiger partial charge >= 0.3 is 0 Å². The third-order valence-electron chi connectivity index (χ3n) is 4.27. The van der Waals surface area contributed by atoms with E-state index >= 15 is 0 Å². The van der Waals surface area contributed by atoms with E-state index in [0.717, 1.165) is 17.1 Å². The van der Waals surface area contributed by atoms with Gasteiger partial charge in [-0.05, 0) is 31.2 Å². The van der Waals surface area contributed by atoms with Crippen LogP contribution in [0.3, 0.4) is 0 Å². The van der Waals surface area contributed by atoms with Crippen molar-refractivity contribution in [3.63, 3.8) is 0 Å². The van der Waals surface area contributed by atoms with Gasteiger partial charge in [-0.3, -0.25) is 10.1 Å². The summed E-state index contributed by atoms with van der Waals surface area (Å²) < 4.78 is 0. The zero-order valence-corrected chi connectivity index (χ0v) is 13.2. The molecule has 0 aliphatic heterocycles. The second kappa shape index (κ2) is 6.07. The summed E-state index contributed by atoms with van der Waals surface area (Å²) in [6.07, 6.45) is 4.76. The van der Waals surface area contributed by atoms with Gasteiger partial charge in [0.25, 0.3) is 5.69 Å². The number of nitro groups is 1. The van der Waals surface area contributed by atoms with E-state index in [0.29, 0.717) is 24.5 Å². The Morgan fingerprint density at radius 2 is 1.88 bits per heavy atom. The molecule has 124 valence electrons. The second-order valence-corrected chi connectivity index (χ2v) is 6.47. The Hall–Kier alpha value is -2.70. The van der Waals surface area contributed by atoms with Crippen LogP contribution in [0.5, 0.6) is 0 Å². The first-order chi connectivity index (χ1) is 11.7. The Labute approximate surface area is 139 Å². The van der Waals surface area contributed by atoms with Crippen molar-refractivity contribution in [2.24, 2.45) is 0 Å². The van der Waals surface area contributed by atoms with Gasteiger partial charge in [0.05, 0.1) is 10.6 Å². The molecule has 2 aromatic rings. The maximum absolute atomic E-state index is 10.7. The molecular weight excluding hydrogens is 306 g/mol. The summed E-state index contributed by atoms with van der Waals surface area (Å²) in [5, 5.41) is 17.4. The lowest BCUT2D eigenvalue weighted by atomic mass is 10.2. The second-order valence-electron chi connectivity index (χ2n) is 6.47. The van der Waals surface area contributed by atoms with Crippen LogP contribution in [0.2, 0.25) is 0 Å². The summed E-state index contributed by atoms with van der Waals surface area (Å²) in [4.78, 5) is 19.5. The van der Waals surface area contributed by atoms with Crippen LogP contribution in [0.25, 0.3) is 0 Å². The highest BCUT2D eigenvalue weighted by Crippen LogP contribution is 2.40. The van der Waals surface area contributed by atoms with Gasteiger partial charge in [0.1, 0.15) is 5.82 Å². The number of aromatic nitrogens is 2. The van der Waals surface area contributed by atoms with E-state index in [2.05, 4.69) is 20.6 Å². The third-order valence-corrected chi connectivity index (χ3v) is 4.27. The Bertz CT molecular complexity index is 754. The number of nitrogens with one attached hydrogen (secondary N) is 2. The monoisotopic (exact) mass is 325 g/mol. The van der Waals surface area contributed by atoms with E-state index in [1.165, 1.54) is 37.8 Å². The number of benzene rings is 1. The van der Waals surface area contributed by atoms with E-state index in [-0.39, 0.29) is 10.6 Å². The maximum atomic E-state index is 10.7. The molecule has 0 atom stereocenters. The van der Waals surface area contributed by atoms with Crippen molar-refractivity contribution in [1.82, 2.24) is 9.97 Å². The minimum Gasteiger partial charge on any atom is -0.366 e. The molecule has 4 rings (SSSR count). The first kappa shape index (κ1) is 14.9. The standard InChI is InChI=1S/C17H19N5O2/c23-22(24)14-7-1-11(2-8-14)10-18-16-9-15(12-3-4-12)20-17(21-16)19-13-5-6-13/h1-2,7-9,12-13H,3-6,10H2,(H2,18,19,20,21). The predicted molar refractivity (Wildman–Crippen MR) is 91.1 cm³/mol. The molecule has 7 heteroatoms. The molecular formula is C17H19N5O2. The summed E-state index contributed by atoms with van der Waals surface area (Å²) in [6.45, 7) is 0.571. The van der Waals surface area contributed by atoms with Crippen LogP contribution in [0.1, 0.15) is 42.9 Å². The fraction of sp³-hybridized carbons (Fsp3) is 0.412. The molecule has 2 saturated carbocycles. The topological polar surface area (TPSA) is 93.0 Å². The van der Waals surface area contributed by atoms with Crippen molar-refractivity contribution in [1.29, 1.82) is 0 Å². The van der Waals surface area contributed by atoms with Gasteiger partial charge in [0, 0.05) is 36.7 Å². The van der Waals surface area contributed by atoms with E-state index in [1.54, 1.807) is 12.1 Å². The van der Waals surface area contributed by atoms with E-state index in [1.807, 2.05) is 6.07 Å². The molecule has 1 aromatic carbocycles. The SMILES string of the molecule is O=[N+]([O-])c1ccc(CNc2cc(C3CC3)nc(NC3CC3)n2)cc1. The number of hydrogen-bond donors (Lipinski definition) is 2. The number of hydrogen-bond acceptors (Lipinski definition) is 6. The summed E-state index contributed by atoms with van der Waals surface area (Å²) in [7, 11) is 0. The average molecular weight is 325 g/mol. The van der Waals surface area contributed by atoms with Gasteiger partial charge in [-0.2, -0.15) is 4.98 Å². The normalized spacial score (nSPS) is 16.7. The van der Waals surface area contributed by atoms with Crippen molar-refractivity contribution >= 4 is 17.5 Å². The molecule has 0 amide bonds. The number of non-ortho nitro benzene ring substituents is 1. The minimum atomic E-state index is -0.390. The number of nitro benzene ring substituents is 1. The Balaban J connectivity index is 1.46. The summed E-state index contributed by atoms with van der Waals surface area (Å²) in [5.74, 6) is 2.06. The zero-order chi connectivity index (χ0) is 16.5. The number of nitrogens with zero attached hydrogens (tertiary/aromatic N) is 3. The Kier molecular flexibility index (Phi) is 3.76. The number of anilines is 2. The van der Waals surface area contributed by atoms with Crippen LogP contribution < -0.4 is 10.6 Å². The van der Waals surface area contributed by atoms with Crippen LogP contribution in [-0.2, 0) is 6.54 Å². The van der Waals surface area contributed by atoms with Crippen molar-refractivity contribution in [2.45, 2.75) is 44.2 Å². The summed E-state index contributed by atoms with van der Waals surface area (Å²) >= 11 is 0. The van der Waals surface area contributed by atoms with Gasteiger partial charge in [0.2, 0.25) is 5.95 Å². The van der Waals surface area contributed by atoms with Crippen molar-refractivity contribution in [2.75, 3.05) is 10.6 Å². The molecule has 24 heavy (non-hydrogen) atoms. The average Bonchev–Trinajstić information content (AvgIpc) is 3.46. The highest BCUT2D eigenvalue weighted by molar-refractivity contribution is 5.45. The molecule has 0 spiro atoms. The predicted octanol–water partition coefficient (Wildman–Crippen LogP) is 3.45. The zero-order valence-electron chi connectivity index (χ0n) is 13.2. The largest absolute Gasteiger partial charge is 0.366 e. The Morgan fingerprint density at radius 1 is 1.12 bits per heavy atom. The molecule has 0 bridgehead atoms. The van der Waals surface area contributed by atoms with Gasteiger partial charge in [0.15, 0.2) is 0 Å². The molecule has 2 aliphatic rings. The number of rotatable bonds is 7. The minimum absolute atomic E-state index is 0.104. The van der Waals surface area contributed by atoms with Crippen LogP contribution in [0.4, 0.5) is 17.5 Å². The fourth-order valence-electron chi connectivity index (χ4n) is 2.55. The van der Waals surface area contributed by atoms with Gasteiger partial charge in [-0.15, -0.1) is 0 Å². The van der Waals surface area contributed by atoms with Crippen molar-refractivity contribution in [3.05, 3.63) is 51.7 Å². The van der Waals surface area contributed by atoms with Gasteiger partial charge < -0.3 is 10.6 Å². The molecule has 1 heterocycles. The molecule has 7 nitrogen and oxygen atoms in total. The molecule has 0 radical (unpaired) electrons. The van der Waals surface area contributed by atoms with Crippen LogP contribution in [0.15, 0.2) is 30.3 Å². The molecule has 0 saturated heterocycles. The third kappa shape index (κ3) is 3.61. The Morgan fingerprint density at radius 3 is 2.50 bits per heavy atom. The van der Waals surface area contributed by atoms with Gasteiger partial charge in [-0.25, -0.2) is 4.98 Å². The first-order valence-corrected chi connectivity index (χ1v) is 8.30. The van der Waals surface area contributed by atoms with E-state index in [4.69, 9.17) is 0 Å². The lowest BCUT2D eigenvalue weighted by Crippen LogP contribution is -2.10. The van der Waals surface area contributed by atoms with Gasteiger partial charge in [-0.1, -0.05) is 12.1 Å². The summed E-state index contributed by atoms with van der Waals surface area (Å²) in [5.41, 5.74) is 2.18. The first-order valence-electron chi connectivity index (χ1n) is 8.30. The van der Waals surface area contributed by atoms with Crippen molar-refractivity contribution in [3.8, 4) is 0 Å². The highest BCUT2D eigenvalue weighted by atomic mass is 16.6. The molecule has 2 fully saturated rings. The van der Waals surface area contributed by atoms with Crippen LogP contribution in [0, 0.1) is 10.1 Å². The molecule has 2 aliphatic carbocycles. The molecule has 0 unspecified atom stereocenters. The smallest absolute Gasteiger partial charge is 0.269 e. The lowest BCUT2D eigenvalue weighted by Gasteiger charge is -2.11.